The van der Waals surface area contributed by atoms with Crippen LogP contribution in [0.3, 0.4) is 0 Å². The highest BCUT2D eigenvalue weighted by Gasteiger charge is 2.46. The third kappa shape index (κ3) is 7.56. The first-order valence-corrected chi connectivity index (χ1v) is 15.6. The molecule has 0 aromatic heterocycles. The fraction of sp³-hybridized carbons (Fsp3) is 0.640. The summed E-state index contributed by atoms with van der Waals surface area (Å²) in [7, 11) is -2.06. The number of nitrogens with one attached hydrogen (secondary N) is 2. The number of amides is 1. The lowest BCUT2D eigenvalue weighted by Crippen LogP contribution is -2.53. The predicted octanol–water partition coefficient (Wildman–Crippen LogP) is 6.21. The van der Waals surface area contributed by atoms with Gasteiger partial charge in [-0.15, -0.1) is 0 Å². The summed E-state index contributed by atoms with van der Waals surface area (Å²) in [5.41, 5.74) is 1.29. The molecule has 0 unspecified atom stereocenters. The lowest BCUT2D eigenvalue weighted by Gasteiger charge is -2.40. The molecule has 194 valence electrons. The molecule has 0 aliphatic carbocycles. The summed E-state index contributed by atoms with van der Waals surface area (Å²) < 4.78 is 12.4. The predicted molar refractivity (Wildman–Crippen MR) is 149 cm³/mol. The van der Waals surface area contributed by atoms with Crippen LogP contribution < -0.4 is 10.6 Å². The van der Waals surface area contributed by atoms with Gasteiger partial charge in [0.25, 0.3) is 0 Å². The van der Waals surface area contributed by atoms with Crippen LogP contribution >= 0.6 is 23.8 Å². The van der Waals surface area contributed by atoms with Gasteiger partial charge >= 0.3 is 6.09 Å². The first-order chi connectivity index (χ1) is 16.0. The highest BCUT2D eigenvalue weighted by atomic mass is 35.5. The molecule has 1 aromatic carbocycles. The maximum atomic E-state index is 13.0. The minimum Gasteiger partial charge on any atom is -0.444 e. The Hall–Kier alpha value is -1.86. The normalized spacial score (nSPS) is 18.7. The van der Waals surface area contributed by atoms with Gasteiger partial charge in [0.15, 0.2) is 13.4 Å². The molecule has 1 aliphatic rings. The maximum Gasteiger partial charge on any atom is 0.410 e. The van der Waals surface area contributed by atoms with Gasteiger partial charge in [0.05, 0.1) is 22.7 Å². The molecular formula is C25H39ClN4O3SSi. The highest BCUT2D eigenvalue weighted by Crippen LogP contribution is 2.39. The molecule has 1 aromatic rings. The van der Waals surface area contributed by atoms with Gasteiger partial charge in [-0.1, -0.05) is 32.4 Å². The second-order valence-electron chi connectivity index (χ2n) is 11.5. The number of hydrogen-bond acceptors (Lipinski definition) is 5. The summed E-state index contributed by atoms with van der Waals surface area (Å²) in [5.74, 6) is 0. The van der Waals surface area contributed by atoms with E-state index in [1.54, 1.807) is 17.0 Å². The van der Waals surface area contributed by atoms with Crippen molar-refractivity contribution in [3.8, 4) is 6.07 Å². The maximum absolute atomic E-state index is 13.0. The number of rotatable bonds is 5. The molecule has 2 atom stereocenters. The second-order valence-corrected chi connectivity index (χ2v) is 17.0. The summed E-state index contributed by atoms with van der Waals surface area (Å²) in [4.78, 5) is 14.8. The van der Waals surface area contributed by atoms with Crippen molar-refractivity contribution in [1.82, 2.24) is 10.2 Å². The summed E-state index contributed by atoms with van der Waals surface area (Å²) in [6, 6.07) is 5.28. The highest BCUT2D eigenvalue weighted by molar-refractivity contribution is 7.80. The van der Waals surface area contributed by atoms with Crippen molar-refractivity contribution in [1.29, 1.82) is 5.26 Å². The van der Waals surface area contributed by atoms with E-state index < -0.39 is 13.9 Å². The van der Waals surface area contributed by atoms with E-state index in [1.165, 1.54) is 0 Å². The van der Waals surface area contributed by atoms with E-state index in [2.05, 4.69) is 50.6 Å². The van der Waals surface area contributed by atoms with Gasteiger partial charge in [0.1, 0.15) is 11.7 Å². The van der Waals surface area contributed by atoms with Gasteiger partial charge in [-0.3, -0.25) is 0 Å². The molecule has 1 aliphatic heterocycles. The summed E-state index contributed by atoms with van der Waals surface area (Å²) in [6.45, 7) is 19.4. The molecule has 35 heavy (non-hydrogen) atoms. The minimum atomic E-state index is -2.06. The number of ether oxygens (including phenoxy) is 1. The van der Waals surface area contributed by atoms with Crippen LogP contribution in [0.25, 0.3) is 0 Å². The van der Waals surface area contributed by atoms with Gasteiger partial charge in [0.2, 0.25) is 0 Å². The van der Waals surface area contributed by atoms with E-state index in [0.717, 1.165) is 17.7 Å². The Balaban J connectivity index is 2.18. The van der Waals surface area contributed by atoms with E-state index in [9.17, 15) is 10.1 Å². The third-order valence-corrected chi connectivity index (χ3v) is 11.8. The quantitative estimate of drug-likeness (QED) is 0.340. The number of carbonyl (C=O) groups is 1. The van der Waals surface area contributed by atoms with E-state index >= 15 is 0 Å². The smallest absolute Gasteiger partial charge is 0.410 e. The number of nitrogens with zero attached hydrogens (tertiary/aromatic N) is 2. The minimum absolute atomic E-state index is 0.0492. The van der Waals surface area contributed by atoms with Crippen LogP contribution in [-0.4, -0.2) is 55.3 Å². The number of thiocarbonyl (C=S) groups is 1. The Morgan fingerprint density at radius 1 is 1.29 bits per heavy atom. The van der Waals surface area contributed by atoms with Crippen molar-refractivity contribution in [2.75, 3.05) is 18.4 Å². The van der Waals surface area contributed by atoms with Crippen LogP contribution in [0.2, 0.25) is 23.2 Å². The molecule has 0 bridgehead atoms. The number of benzene rings is 1. The first kappa shape index (κ1) is 29.4. The summed E-state index contributed by atoms with van der Waals surface area (Å²) in [5, 5.41) is 16.4. The summed E-state index contributed by atoms with van der Waals surface area (Å²) in [6.07, 6.45) is 0.270. The average Bonchev–Trinajstić information content (AvgIpc) is 3.10. The molecule has 7 nitrogen and oxygen atoms in total. The third-order valence-electron chi connectivity index (χ3n) is 6.59. The van der Waals surface area contributed by atoms with Crippen LogP contribution in [0.1, 0.15) is 59.1 Å². The van der Waals surface area contributed by atoms with Crippen molar-refractivity contribution in [3.63, 3.8) is 0 Å². The van der Waals surface area contributed by atoms with Crippen LogP contribution in [0.4, 0.5) is 10.5 Å². The SMILES string of the molecule is Cc1c(NC(=S)NC[C@@H]2[C@H](O[Si](C)(C)C(C)(C)C)CCN2C(=O)OC(C)(C)C)ccc(C#N)c1Cl. The molecular weight excluding hydrogens is 500 g/mol. The zero-order chi connectivity index (χ0) is 26.8. The van der Waals surface area contributed by atoms with E-state index in [0.29, 0.717) is 28.8 Å². The van der Waals surface area contributed by atoms with Gasteiger partial charge in [-0.25, -0.2) is 4.79 Å². The van der Waals surface area contributed by atoms with Crippen LogP contribution in [0, 0.1) is 18.3 Å². The Bertz CT molecular complexity index is 998. The van der Waals surface area contributed by atoms with Crippen LogP contribution in [-0.2, 0) is 9.16 Å². The van der Waals surface area contributed by atoms with E-state index in [1.807, 2.05) is 27.7 Å². The molecule has 2 N–H and O–H groups in total. The number of halogens is 1. The molecule has 2 rings (SSSR count). The molecule has 0 saturated carbocycles. The van der Waals surface area contributed by atoms with Crippen molar-refractivity contribution in [3.05, 3.63) is 28.3 Å². The number of carbonyl (C=O) groups excluding carboxylic acids is 1. The van der Waals surface area contributed by atoms with E-state index in [4.69, 9.17) is 33.0 Å². The van der Waals surface area contributed by atoms with Gasteiger partial charge < -0.3 is 24.7 Å². The molecule has 0 radical (unpaired) electrons. The fourth-order valence-corrected chi connectivity index (χ4v) is 5.36. The largest absolute Gasteiger partial charge is 0.444 e. The Kier molecular flexibility index (Phi) is 9.26. The number of anilines is 1. The standard InChI is InChI=1S/C25H39ClN4O3SSi/c1-16-18(11-10-17(14-27)21(16)26)29-22(34)28-15-19-20(33-35(8,9)25(5,6)7)12-13-30(19)23(31)32-24(2,3)4/h10-11,19-20H,12-13,15H2,1-9H3,(H2,28,29,34)/t19-,20-/m1/s1. The zero-order valence-corrected chi connectivity index (χ0v) is 24.9. The lowest BCUT2D eigenvalue weighted by molar-refractivity contribution is 0.0169. The van der Waals surface area contributed by atoms with Gasteiger partial charge in [0, 0.05) is 18.8 Å². The van der Waals surface area contributed by atoms with Gasteiger partial charge in [-0.05, 0) is 82.2 Å². The Labute approximate surface area is 221 Å². The molecule has 1 saturated heterocycles. The number of nitriles is 1. The first-order valence-electron chi connectivity index (χ1n) is 11.9. The van der Waals surface area contributed by atoms with Crippen molar-refractivity contribution >= 4 is 49.0 Å². The summed E-state index contributed by atoms with van der Waals surface area (Å²) >= 11 is 11.8. The zero-order valence-electron chi connectivity index (χ0n) is 22.3. The van der Waals surface area contributed by atoms with Crippen molar-refractivity contribution < 1.29 is 14.0 Å². The monoisotopic (exact) mass is 538 g/mol. The Morgan fingerprint density at radius 2 is 1.91 bits per heavy atom. The molecule has 10 heteroatoms. The lowest BCUT2D eigenvalue weighted by atomic mass is 10.1. The number of hydrogen-bond donors (Lipinski definition) is 2. The Morgan fingerprint density at radius 3 is 2.46 bits per heavy atom. The van der Waals surface area contributed by atoms with Crippen molar-refractivity contribution in [2.45, 2.75) is 90.8 Å². The van der Waals surface area contributed by atoms with Crippen LogP contribution in [0.15, 0.2) is 12.1 Å². The van der Waals surface area contributed by atoms with Crippen LogP contribution in [0.5, 0.6) is 0 Å². The molecule has 1 fully saturated rings. The fourth-order valence-electron chi connectivity index (χ4n) is 3.58. The topological polar surface area (TPSA) is 86.6 Å². The number of likely N-dealkylation sites (tertiary alicyclic amines) is 1. The second kappa shape index (κ2) is 11.0. The molecule has 1 amide bonds. The van der Waals surface area contributed by atoms with E-state index in [-0.39, 0.29) is 23.3 Å². The van der Waals surface area contributed by atoms with Crippen molar-refractivity contribution in [2.24, 2.45) is 0 Å². The molecule has 0 spiro atoms. The average molecular weight is 539 g/mol. The molecule has 1 heterocycles. The van der Waals surface area contributed by atoms with Gasteiger partial charge in [-0.2, -0.15) is 5.26 Å².